The number of carbonyl (C=O) groups excluding carboxylic acids is 2. The third-order valence-electron chi connectivity index (χ3n) is 4.68. The predicted octanol–water partition coefficient (Wildman–Crippen LogP) is 4.78. The molecule has 1 N–H and O–H groups in total. The maximum atomic E-state index is 12.9. The van der Waals surface area contributed by atoms with Crippen LogP contribution in [0, 0.1) is 0 Å². The summed E-state index contributed by atoms with van der Waals surface area (Å²) in [4.78, 5) is 30.8. The van der Waals surface area contributed by atoms with E-state index in [-0.39, 0.29) is 0 Å². The third-order valence-corrected chi connectivity index (χ3v) is 5.57. The van der Waals surface area contributed by atoms with Crippen molar-refractivity contribution in [1.82, 2.24) is 4.98 Å². The molecule has 0 spiro atoms. The highest BCUT2D eigenvalue weighted by molar-refractivity contribution is 7.13. The number of aromatic nitrogens is 1. The number of benzene rings is 2. The van der Waals surface area contributed by atoms with Gasteiger partial charge in [0.05, 0.1) is 35.9 Å². The summed E-state index contributed by atoms with van der Waals surface area (Å²) in [6, 6.07) is 17.9. The zero-order chi connectivity index (χ0) is 22.5. The second-order valence-electron chi connectivity index (χ2n) is 6.78. The first-order chi connectivity index (χ1) is 15.6. The van der Waals surface area contributed by atoms with Gasteiger partial charge in [-0.15, -0.1) is 11.3 Å². The fourth-order valence-electron chi connectivity index (χ4n) is 3.18. The van der Waals surface area contributed by atoms with Crippen LogP contribution in [0.25, 0.3) is 21.5 Å². The lowest BCUT2D eigenvalue weighted by Crippen LogP contribution is -2.21. The van der Waals surface area contributed by atoms with Crippen molar-refractivity contribution in [2.24, 2.45) is 0 Å². The normalized spacial score (nSPS) is 10.6. The van der Waals surface area contributed by atoms with Gasteiger partial charge in [-0.3, -0.25) is 4.79 Å². The fraction of sp³-hybridized carbons (Fsp3) is 0.125. The Kier molecular flexibility index (Phi) is 6.32. The number of methoxy groups -OCH3 is 2. The average Bonchev–Trinajstić information content (AvgIpc) is 3.36. The third kappa shape index (κ3) is 4.70. The Morgan fingerprint density at radius 3 is 2.41 bits per heavy atom. The van der Waals surface area contributed by atoms with E-state index in [2.05, 4.69) is 10.3 Å². The second-order valence-corrected chi connectivity index (χ2v) is 7.72. The van der Waals surface area contributed by atoms with Crippen LogP contribution in [0.15, 0.2) is 66.0 Å². The van der Waals surface area contributed by atoms with Crippen LogP contribution in [0.5, 0.6) is 11.5 Å². The Labute approximate surface area is 188 Å². The van der Waals surface area contributed by atoms with E-state index in [9.17, 15) is 9.59 Å². The summed E-state index contributed by atoms with van der Waals surface area (Å²) in [6.07, 6.45) is 0. The molecule has 0 unspecified atom stereocenters. The van der Waals surface area contributed by atoms with Crippen molar-refractivity contribution in [2.75, 3.05) is 26.1 Å². The van der Waals surface area contributed by atoms with Crippen LogP contribution in [0.4, 0.5) is 5.69 Å². The van der Waals surface area contributed by atoms with Crippen molar-refractivity contribution >= 4 is 39.8 Å². The number of esters is 1. The van der Waals surface area contributed by atoms with Crippen LogP contribution in [0.2, 0.25) is 0 Å². The minimum Gasteiger partial charge on any atom is -0.497 e. The van der Waals surface area contributed by atoms with E-state index in [4.69, 9.17) is 14.2 Å². The van der Waals surface area contributed by atoms with Crippen molar-refractivity contribution in [3.63, 3.8) is 0 Å². The highest BCUT2D eigenvalue weighted by Gasteiger charge is 2.17. The number of hydrogen-bond donors (Lipinski definition) is 1. The quantitative estimate of drug-likeness (QED) is 0.410. The number of ether oxygens (including phenoxy) is 3. The molecule has 0 aliphatic heterocycles. The maximum Gasteiger partial charge on any atom is 0.339 e. The largest absolute Gasteiger partial charge is 0.497 e. The number of nitrogens with zero attached hydrogens (tertiary/aromatic N) is 1. The summed E-state index contributed by atoms with van der Waals surface area (Å²) in [6.45, 7) is -0.441. The average molecular weight is 449 g/mol. The highest BCUT2D eigenvalue weighted by atomic mass is 32.1. The fourth-order valence-corrected chi connectivity index (χ4v) is 3.87. The molecule has 0 radical (unpaired) electrons. The lowest BCUT2D eigenvalue weighted by Gasteiger charge is -2.11. The molecule has 32 heavy (non-hydrogen) atoms. The topological polar surface area (TPSA) is 86.8 Å². The van der Waals surface area contributed by atoms with E-state index in [1.54, 1.807) is 30.3 Å². The van der Waals surface area contributed by atoms with Crippen LogP contribution in [-0.2, 0) is 9.53 Å². The number of pyridine rings is 1. The van der Waals surface area contributed by atoms with Gasteiger partial charge >= 0.3 is 5.97 Å². The maximum absolute atomic E-state index is 12.9. The summed E-state index contributed by atoms with van der Waals surface area (Å²) in [7, 11) is 3.04. The van der Waals surface area contributed by atoms with Gasteiger partial charge in [0.1, 0.15) is 11.5 Å². The standard InChI is InChI=1S/C24H20N2O5S/c1-29-16-10-15(11-17(12-16)30-2)25-23(27)14-31-24(28)19-13-21(22-8-5-9-32-22)26-20-7-4-3-6-18(19)20/h3-13H,14H2,1-2H3,(H,25,27). The molecular formula is C24H20N2O5S. The van der Waals surface area contributed by atoms with Crippen molar-refractivity contribution in [1.29, 1.82) is 0 Å². The Morgan fingerprint density at radius 2 is 1.72 bits per heavy atom. The van der Waals surface area contributed by atoms with Gasteiger partial charge in [-0.2, -0.15) is 0 Å². The number of rotatable bonds is 7. The number of fused-ring (bicyclic) bond motifs is 1. The summed E-state index contributed by atoms with van der Waals surface area (Å²) >= 11 is 1.53. The Bertz CT molecular complexity index is 1250. The van der Waals surface area contributed by atoms with Gasteiger partial charge in [0.2, 0.25) is 0 Å². The molecule has 0 atom stereocenters. The molecular weight excluding hydrogens is 428 g/mol. The van der Waals surface area contributed by atoms with Gasteiger partial charge in [0, 0.05) is 29.3 Å². The minimum atomic E-state index is -0.597. The van der Waals surface area contributed by atoms with Crippen molar-refractivity contribution in [3.05, 3.63) is 71.6 Å². The van der Waals surface area contributed by atoms with Gasteiger partial charge in [0.25, 0.3) is 5.91 Å². The van der Waals surface area contributed by atoms with Crippen LogP contribution in [0.3, 0.4) is 0 Å². The second kappa shape index (κ2) is 9.49. The van der Waals surface area contributed by atoms with Gasteiger partial charge in [-0.25, -0.2) is 9.78 Å². The number of thiophene rings is 1. The number of para-hydroxylation sites is 1. The molecule has 0 aliphatic carbocycles. The lowest BCUT2D eigenvalue weighted by molar-refractivity contribution is -0.119. The molecule has 2 aromatic carbocycles. The molecule has 0 saturated heterocycles. The monoisotopic (exact) mass is 448 g/mol. The molecule has 0 saturated carbocycles. The summed E-state index contributed by atoms with van der Waals surface area (Å²) in [5.74, 6) is -0.0210. The van der Waals surface area contributed by atoms with E-state index in [0.29, 0.717) is 39.3 Å². The van der Waals surface area contributed by atoms with Crippen molar-refractivity contribution in [3.8, 4) is 22.1 Å². The first-order valence-electron chi connectivity index (χ1n) is 9.71. The number of anilines is 1. The molecule has 0 aliphatic rings. The van der Waals surface area contributed by atoms with E-state index >= 15 is 0 Å². The number of carbonyl (C=O) groups is 2. The van der Waals surface area contributed by atoms with Crippen LogP contribution >= 0.6 is 11.3 Å². The van der Waals surface area contributed by atoms with E-state index in [1.165, 1.54) is 25.6 Å². The molecule has 2 heterocycles. The smallest absolute Gasteiger partial charge is 0.339 e. The molecule has 0 bridgehead atoms. The first-order valence-corrected chi connectivity index (χ1v) is 10.6. The zero-order valence-electron chi connectivity index (χ0n) is 17.5. The van der Waals surface area contributed by atoms with Gasteiger partial charge in [-0.05, 0) is 23.6 Å². The van der Waals surface area contributed by atoms with Crippen molar-refractivity contribution in [2.45, 2.75) is 0 Å². The van der Waals surface area contributed by atoms with Crippen LogP contribution < -0.4 is 14.8 Å². The van der Waals surface area contributed by atoms with Gasteiger partial charge in [0.15, 0.2) is 6.61 Å². The Hall–Kier alpha value is -3.91. The zero-order valence-corrected chi connectivity index (χ0v) is 18.3. The number of hydrogen-bond acceptors (Lipinski definition) is 7. The highest BCUT2D eigenvalue weighted by Crippen LogP contribution is 2.28. The predicted molar refractivity (Wildman–Crippen MR) is 124 cm³/mol. The molecule has 162 valence electrons. The van der Waals surface area contributed by atoms with E-state index < -0.39 is 18.5 Å². The molecule has 2 aromatic heterocycles. The molecule has 4 aromatic rings. The summed E-state index contributed by atoms with van der Waals surface area (Å²) in [5, 5.41) is 5.29. The molecule has 1 amide bonds. The number of amides is 1. The van der Waals surface area contributed by atoms with Crippen molar-refractivity contribution < 1.29 is 23.8 Å². The molecule has 8 heteroatoms. The molecule has 7 nitrogen and oxygen atoms in total. The van der Waals surface area contributed by atoms with Crippen LogP contribution in [-0.4, -0.2) is 37.7 Å². The first kappa shape index (κ1) is 21.3. The van der Waals surface area contributed by atoms with E-state index in [0.717, 1.165) is 4.88 Å². The Morgan fingerprint density at radius 1 is 0.969 bits per heavy atom. The molecule has 0 fully saturated rings. The SMILES string of the molecule is COc1cc(NC(=O)COC(=O)c2cc(-c3cccs3)nc3ccccc23)cc(OC)c1. The summed E-state index contributed by atoms with van der Waals surface area (Å²) in [5.41, 5.74) is 2.18. The summed E-state index contributed by atoms with van der Waals surface area (Å²) < 4.78 is 15.7. The number of nitrogens with one attached hydrogen (secondary N) is 1. The van der Waals surface area contributed by atoms with Gasteiger partial charge in [-0.1, -0.05) is 24.3 Å². The minimum absolute atomic E-state index is 0.356. The molecule has 4 rings (SSSR count). The van der Waals surface area contributed by atoms with E-state index in [1.807, 2.05) is 35.7 Å². The van der Waals surface area contributed by atoms with Gasteiger partial charge < -0.3 is 19.5 Å². The van der Waals surface area contributed by atoms with Crippen LogP contribution in [0.1, 0.15) is 10.4 Å². The Balaban J connectivity index is 1.51. The lowest BCUT2D eigenvalue weighted by atomic mass is 10.1.